The summed E-state index contributed by atoms with van der Waals surface area (Å²) >= 11 is 5.96. The van der Waals surface area contributed by atoms with Crippen molar-refractivity contribution in [2.45, 2.75) is 13.5 Å². The normalized spacial score (nSPS) is 10.9. The number of hydrogen-bond donors (Lipinski definition) is 0. The van der Waals surface area contributed by atoms with Crippen LogP contribution in [0.1, 0.15) is 17.3 Å². The van der Waals surface area contributed by atoms with Crippen LogP contribution in [-0.4, -0.2) is 17.0 Å². The van der Waals surface area contributed by atoms with Crippen molar-refractivity contribution in [3.05, 3.63) is 63.6 Å². The number of carbonyl (C=O) groups is 1. The van der Waals surface area contributed by atoms with Gasteiger partial charge in [0.15, 0.2) is 11.4 Å². The Hall–Kier alpha value is -2.53. The summed E-state index contributed by atoms with van der Waals surface area (Å²) < 4.78 is 12.3. The molecule has 0 fully saturated rings. The summed E-state index contributed by atoms with van der Waals surface area (Å²) in [6, 6.07) is 12.0. The fraction of sp³-hybridized carbons (Fsp3) is 0.176. The predicted octanol–water partition coefficient (Wildman–Crippen LogP) is 3.53. The highest BCUT2D eigenvalue weighted by Gasteiger charge is 2.11. The van der Waals surface area contributed by atoms with Crippen LogP contribution in [-0.2, 0) is 6.54 Å². The maximum atomic E-state index is 11.9. The monoisotopic (exact) mass is 331 g/mol. The molecule has 6 heteroatoms. The molecule has 1 heterocycles. The van der Waals surface area contributed by atoms with Gasteiger partial charge in [-0.05, 0) is 37.3 Å². The summed E-state index contributed by atoms with van der Waals surface area (Å²) in [6.07, 6.45) is 0. The van der Waals surface area contributed by atoms with Gasteiger partial charge in [-0.1, -0.05) is 23.7 Å². The molecule has 0 unspecified atom stereocenters. The summed E-state index contributed by atoms with van der Waals surface area (Å²) in [5.74, 6) is -0.0390. The zero-order valence-corrected chi connectivity index (χ0v) is 13.2. The average Bonchev–Trinajstić information content (AvgIpc) is 2.83. The van der Waals surface area contributed by atoms with E-state index in [4.69, 9.17) is 20.8 Å². The van der Waals surface area contributed by atoms with E-state index in [9.17, 15) is 9.59 Å². The van der Waals surface area contributed by atoms with E-state index in [1.807, 2.05) is 0 Å². The molecule has 0 amide bonds. The second-order valence-corrected chi connectivity index (χ2v) is 5.47. The highest BCUT2D eigenvalue weighted by molar-refractivity contribution is 6.31. The second kappa shape index (κ2) is 6.30. The Balaban J connectivity index is 1.80. The van der Waals surface area contributed by atoms with Gasteiger partial charge >= 0.3 is 5.76 Å². The average molecular weight is 332 g/mol. The molecule has 0 radical (unpaired) electrons. The quantitative estimate of drug-likeness (QED) is 0.671. The topological polar surface area (TPSA) is 61.4 Å². The van der Waals surface area contributed by atoms with Crippen LogP contribution in [0.2, 0.25) is 5.02 Å². The van der Waals surface area contributed by atoms with Gasteiger partial charge in [0.25, 0.3) is 0 Å². The molecule has 23 heavy (non-hydrogen) atoms. The highest BCUT2D eigenvalue weighted by Crippen LogP contribution is 2.20. The van der Waals surface area contributed by atoms with Crippen molar-refractivity contribution in [3.63, 3.8) is 0 Å². The highest BCUT2D eigenvalue weighted by atomic mass is 35.5. The van der Waals surface area contributed by atoms with Gasteiger partial charge in [0, 0.05) is 5.02 Å². The van der Waals surface area contributed by atoms with Crippen LogP contribution >= 0.6 is 11.6 Å². The number of nitrogens with zero attached hydrogens (tertiary/aromatic N) is 1. The summed E-state index contributed by atoms with van der Waals surface area (Å²) in [4.78, 5) is 23.5. The molecule has 3 aromatic rings. The summed E-state index contributed by atoms with van der Waals surface area (Å²) in [7, 11) is 0. The van der Waals surface area contributed by atoms with Crippen LogP contribution in [0.3, 0.4) is 0 Å². The molecule has 0 saturated heterocycles. The molecule has 0 saturated carbocycles. The van der Waals surface area contributed by atoms with Crippen LogP contribution in [0.15, 0.2) is 51.7 Å². The molecule has 2 aromatic carbocycles. The molecule has 118 valence electrons. The Labute approximate surface area is 137 Å². The molecule has 1 aromatic heterocycles. The minimum Gasteiger partial charge on any atom is -0.491 e. The number of Topliss-reactive ketones (excluding diaryl/α,β-unsaturated/α-hetero) is 1. The maximum Gasteiger partial charge on any atom is 0.420 e. The first kappa shape index (κ1) is 15.4. The number of carbonyl (C=O) groups excluding carboxylic acids is 1. The van der Waals surface area contributed by atoms with Crippen molar-refractivity contribution in [2.24, 2.45) is 0 Å². The van der Waals surface area contributed by atoms with E-state index in [0.717, 1.165) is 0 Å². The van der Waals surface area contributed by atoms with Crippen LogP contribution in [0.4, 0.5) is 0 Å². The fourth-order valence-corrected chi connectivity index (χ4v) is 2.54. The van der Waals surface area contributed by atoms with Crippen LogP contribution in [0.25, 0.3) is 11.1 Å². The molecular formula is C17H14ClNO4. The van der Waals surface area contributed by atoms with Gasteiger partial charge in [-0.25, -0.2) is 4.79 Å². The van der Waals surface area contributed by atoms with Gasteiger partial charge in [0.1, 0.15) is 12.4 Å². The fourth-order valence-electron chi connectivity index (χ4n) is 2.38. The van der Waals surface area contributed by atoms with E-state index < -0.39 is 5.76 Å². The standard InChI is InChI=1S/C17H14ClNO4/c1-11(20)13-4-2-3-5-15(13)22-9-8-19-14-10-12(18)6-7-16(14)23-17(19)21/h2-7,10H,8-9H2,1H3. The Kier molecular flexibility index (Phi) is 4.21. The van der Waals surface area contributed by atoms with E-state index >= 15 is 0 Å². The molecule has 0 aliphatic rings. The van der Waals surface area contributed by atoms with Gasteiger partial charge < -0.3 is 9.15 Å². The number of rotatable bonds is 5. The lowest BCUT2D eigenvalue weighted by Gasteiger charge is -2.09. The molecular weight excluding hydrogens is 318 g/mol. The van der Waals surface area contributed by atoms with Crippen molar-refractivity contribution in [1.29, 1.82) is 0 Å². The van der Waals surface area contributed by atoms with Crippen LogP contribution in [0, 0.1) is 0 Å². The zero-order valence-electron chi connectivity index (χ0n) is 12.4. The lowest BCUT2D eigenvalue weighted by Crippen LogP contribution is -2.19. The van der Waals surface area contributed by atoms with Crippen LogP contribution in [0.5, 0.6) is 5.75 Å². The molecule has 0 N–H and O–H groups in total. The number of hydrogen-bond acceptors (Lipinski definition) is 4. The minimum absolute atomic E-state index is 0.0710. The number of ketones is 1. The minimum atomic E-state index is -0.467. The number of fused-ring (bicyclic) bond motifs is 1. The molecule has 5 nitrogen and oxygen atoms in total. The molecule has 3 rings (SSSR count). The summed E-state index contributed by atoms with van der Waals surface area (Å²) in [5.41, 5.74) is 1.61. The lowest BCUT2D eigenvalue weighted by molar-refractivity contribution is 0.101. The molecule has 0 spiro atoms. The number of halogens is 1. The molecule has 0 bridgehead atoms. The van der Waals surface area contributed by atoms with Crippen molar-refractivity contribution in [2.75, 3.05) is 6.61 Å². The lowest BCUT2D eigenvalue weighted by atomic mass is 10.1. The Bertz CT molecular complexity index is 926. The van der Waals surface area contributed by atoms with Gasteiger partial charge in [-0.2, -0.15) is 0 Å². The largest absolute Gasteiger partial charge is 0.491 e. The molecule has 0 aliphatic heterocycles. The smallest absolute Gasteiger partial charge is 0.420 e. The van der Waals surface area contributed by atoms with Crippen molar-refractivity contribution in [3.8, 4) is 5.75 Å². The summed E-state index contributed by atoms with van der Waals surface area (Å²) in [6.45, 7) is 2.00. The Morgan fingerprint density at radius 2 is 2.04 bits per heavy atom. The first-order chi connectivity index (χ1) is 11.1. The van der Waals surface area contributed by atoms with E-state index in [2.05, 4.69) is 0 Å². The van der Waals surface area contributed by atoms with Gasteiger partial charge in [0.05, 0.1) is 17.6 Å². The third-order valence-electron chi connectivity index (χ3n) is 3.47. The zero-order chi connectivity index (χ0) is 16.4. The number of ether oxygens (including phenoxy) is 1. The molecule has 0 aliphatic carbocycles. The van der Waals surface area contributed by atoms with E-state index in [0.29, 0.717) is 34.0 Å². The van der Waals surface area contributed by atoms with Crippen LogP contribution < -0.4 is 10.5 Å². The third kappa shape index (κ3) is 3.14. The van der Waals surface area contributed by atoms with Gasteiger partial charge in [-0.3, -0.25) is 9.36 Å². The van der Waals surface area contributed by atoms with Crippen molar-refractivity contribution in [1.82, 2.24) is 4.57 Å². The van der Waals surface area contributed by atoms with E-state index in [1.165, 1.54) is 11.5 Å². The number of aromatic nitrogens is 1. The van der Waals surface area contributed by atoms with Gasteiger partial charge in [-0.15, -0.1) is 0 Å². The third-order valence-corrected chi connectivity index (χ3v) is 3.70. The molecule has 0 atom stereocenters. The Morgan fingerprint density at radius 1 is 1.26 bits per heavy atom. The van der Waals surface area contributed by atoms with Crippen molar-refractivity contribution < 1.29 is 13.9 Å². The number of benzene rings is 2. The van der Waals surface area contributed by atoms with Crippen molar-refractivity contribution >= 4 is 28.5 Å². The maximum absolute atomic E-state index is 11.9. The first-order valence-electron chi connectivity index (χ1n) is 7.08. The first-order valence-corrected chi connectivity index (χ1v) is 7.46. The predicted molar refractivity (Wildman–Crippen MR) is 87.4 cm³/mol. The summed E-state index contributed by atoms with van der Waals surface area (Å²) in [5, 5.41) is 0.523. The number of para-hydroxylation sites is 1. The number of oxazole rings is 1. The SMILES string of the molecule is CC(=O)c1ccccc1OCCn1c(=O)oc2ccc(Cl)cc21. The second-order valence-electron chi connectivity index (χ2n) is 5.03. The van der Waals surface area contributed by atoms with E-state index in [1.54, 1.807) is 42.5 Å². The van der Waals surface area contributed by atoms with E-state index in [-0.39, 0.29) is 12.4 Å². The Morgan fingerprint density at radius 3 is 2.83 bits per heavy atom. The van der Waals surface area contributed by atoms with Gasteiger partial charge in [0.2, 0.25) is 0 Å².